The van der Waals surface area contributed by atoms with Crippen LogP contribution in [0.4, 0.5) is 0 Å². The number of benzene rings is 2. The van der Waals surface area contributed by atoms with Gasteiger partial charge in [0.2, 0.25) is 0 Å². The lowest BCUT2D eigenvalue weighted by Crippen LogP contribution is -1.99. The van der Waals surface area contributed by atoms with Crippen LogP contribution in [0.3, 0.4) is 0 Å². The second-order valence-corrected chi connectivity index (χ2v) is 6.07. The molecular weight excluding hydrogens is 359 g/mol. The van der Waals surface area contributed by atoms with Crippen LogP contribution >= 0.6 is 39.1 Å². The van der Waals surface area contributed by atoms with Crippen molar-refractivity contribution in [1.29, 1.82) is 0 Å². The molecule has 0 aliphatic carbocycles. The van der Waals surface area contributed by atoms with Crippen molar-refractivity contribution in [3.63, 3.8) is 0 Å². The maximum atomic E-state index is 6.06. The van der Waals surface area contributed by atoms with Crippen LogP contribution in [0.1, 0.15) is 11.4 Å². The van der Waals surface area contributed by atoms with Crippen LogP contribution in [0.2, 0.25) is 5.02 Å². The van der Waals surface area contributed by atoms with Gasteiger partial charge in [0.05, 0.1) is 21.9 Å². The smallest absolute Gasteiger partial charge is 0.129 e. The lowest BCUT2D eigenvalue weighted by Gasteiger charge is -2.09. The molecule has 0 saturated heterocycles. The minimum atomic E-state index is 0.356. The number of hydrogen-bond acceptors (Lipinski definition) is 1. The Hall–Kier alpha value is -1.03. The van der Waals surface area contributed by atoms with Gasteiger partial charge in [-0.25, -0.2) is 4.98 Å². The Kier molecular flexibility index (Phi) is 3.76. The molecule has 20 heavy (non-hydrogen) atoms. The van der Waals surface area contributed by atoms with E-state index in [0.29, 0.717) is 10.9 Å². The van der Waals surface area contributed by atoms with Crippen molar-refractivity contribution in [1.82, 2.24) is 9.55 Å². The number of fused-ring (bicyclic) bond motifs is 1. The molecule has 0 unspecified atom stereocenters. The van der Waals surface area contributed by atoms with Crippen LogP contribution in [-0.2, 0) is 5.88 Å². The van der Waals surface area contributed by atoms with Crippen LogP contribution in [0.15, 0.2) is 40.9 Å². The van der Waals surface area contributed by atoms with Gasteiger partial charge in [-0.2, -0.15) is 0 Å². The molecule has 0 amide bonds. The zero-order valence-electron chi connectivity index (χ0n) is 10.7. The molecule has 0 saturated carbocycles. The highest BCUT2D eigenvalue weighted by Crippen LogP contribution is 2.29. The van der Waals surface area contributed by atoms with Gasteiger partial charge in [0, 0.05) is 10.2 Å². The van der Waals surface area contributed by atoms with Gasteiger partial charge in [-0.05, 0) is 52.7 Å². The maximum absolute atomic E-state index is 6.06. The Labute approximate surface area is 135 Å². The Bertz CT molecular complexity index is 796. The minimum Gasteiger partial charge on any atom is -0.295 e. The van der Waals surface area contributed by atoms with Crippen LogP contribution in [0.25, 0.3) is 16.7 Å². The summed E-state index contributed by atoms with van der Waals surface area (Å²) in [4.78, 5) is 4.64. The van der Waals surface area contributed by atoms with E-state index in [1.807, 2.05) is 30.3 Å². The summed E-state index contributed by atoms with van der Waals surface area (Å²) in [6.07, 6.45) is 0. The molecule has 0 N–H and O–H groups in total. The van der Waals surface area contributed by atoms with Crippen molar-refractivity contribution in [2.24, 2.45) is 0 Å². The first-order valence-electron chi connectivity index (χ1n) is 6.10. The van der Waals surface area contributed by atoms with Gasteiger partial charge >= 0.3 is 0 Å². The third-order valence-corrected chi connectivity index (χ3v) is 4.69. The van der Waals surface area contributed by atoms with Crippen molar-refractivity contribution < 1.29 is 0 Å². The van der Waals surface area contributed by atoms with E-state index in [4.69, 9.17) is 23.2 Å². The summed E-state index contributed by atoms with van der Waals surface area (Å²) in [7, 11) is 0. The van der Waals surface area contributed by atoms with Crippen LogP contribution < -0.4 is 0 Å². The Morgan fingerprint density at radius 3 is 2.75 bits per heavy atom. The van der Waals surface area contributed by atoms with Crippen molar-refractivity contribution in [3.05, 3.63) is 57.3 Å². The zero-order chi connectivity index (χ0) is 14.3. The van der Waals surface area contributed by atoms with E-state index >= 15 is 0 Å². The number of imidazole rings is 1. The summed E-state index contributed by atoms with van der Waals surface area (Å²) in [5.74, 6) is 1.18. The van der Waals surface area contributed by atoms with Gasteiger partial charge in [0.1, 0.15) is 5.82 Å². The Morgan fingerprint density at radius 2 is 2.05 bits per heavy atom. The first-order chi connectivity index (χ1) is 9.61. The summed E-state index contributed by atoms with van der Waals surface area (Å²) >= 11 is 15.6. The number of aromatic nitrogens is 2. The molecular formula is C15H11BrCl2N2. The van der Waals surface area contributed by atoms with Gasteiger partial charge in [0.25, 0.3) is 0 Å². The average Bonchev–Trinajstić information content (AvgIpc) is 2.82. The highest BCUT2D eigenvalue weighted by Gasteiger charge is 2.13. The van der Waals surface area contributed by atoms with Crippen molar-refractivity contribution in [3.8, 4) is 5.69 Å². The number of halogens is 3. The lowest BCUT2D eigenvalue weighted by molar-refractivity contribution is 0.981. The third-order valence-electron chi connectivity index (χ3n) is 3.24. The quantitative estimate of drug-likeness (QED) is 0.546. The van der Waals surface area contributed by atoms with Gasteiger partial charge in [-0.1, -0.05) is 23.7 Å². The molecule has 0 fully saturated rings. The molecule has 0 bridgehead atoms. The normalized spacial score (nSPS) is 11.2. The molecule has 0 spiro atoms. The standard InChI is InChI=1S/C15H11BrCl2N2/c1-9-3-2-4-13-15(9)19-14(8-17)20(13)10-5-6-12(18)11(16)7-10/h2-7H,8H2,1H3. The number of rotatable bonds is 2. The molecule has 3 aromatic rings. The molecule has 102 valence electrons. The fraction of sp³-hybridized carbons (Fsp3) is 0.133. The Morgan fingerprint density at radius 1 is 1.25 bits per heavy atom. The van der Waals surface area contributed by atoms with E-state index in [9.17, 15) is 0 Å². The monoisotopic (exact) mass is 368 g/mol. The number of alkyl halides is 1. The van der Waals surface area contributed by atoms with Crippen molar-refractivity contribution >= 4 is 50.2 Å². The van der Waals surface area contributed by atoms with Crippen LogP contribution in [0.5, 0.6) is 0 Å². The molecule has 0 atom stereocenters. The number of hydrogen-bond donors (Lipinski definition) is 0. The van der Waals surface area contributed by atoms with Gasteiger partial charge in [0.15, 0.2) is 0 Å². The zero-order valence-corrected chi connectivity index (χ0v) is 13.8. The average molecular weight is 370 g/mol. The predicted octanol–water partition coefficient (Wildman–Crippen LogP) is 5.49. The molecule has 2 nitrogen and oxygen atoms in total. The van der Waals surface area contributed by atoms with E-state index in [-0.39, 0.29) is 0 Å². The molecule has 1 aromatic heterocycles. The Balaban J connectivity index is 2.34. The molecule has 0 radical (unpaired) electrons. The van der Waals surface area contributed by atoms with Gasteiger partial charge in [-0.3, -0.25) is 4.57 Å². The maximum Gasteiger partial charge on any atom is 0.129 e. The lowest BCUT2D eigenvalue weighted by atomic mass is 10.2. The van der Waals surface area contributed by atoms with E-state index < -0.39 is 0 Å². The topological polar surface area (TPSA) is 17.8 Å². The molecule has 5 heteroatoms. The molecule has 0 aliphatic rings. The second kappa shape index (κ2) is 5.40. The number of aryl methyl sites for hydroxylation is 1. The van der Waals surface area contributed by atoms with Crippen molar-refractivity contribution in [2.45, 2.75) is 12.8 Å². The fourth-order valence-corrected chi connectivity index (χ4v) is 2.95. The van der Waals surface area contributed by atoms with E-state index in [2.05, 4.69) is 38.5 Å². The SMILES string of the molecule is Cc1cccc2c1nc(CCl)n2-c1ccc(Cl)c(Br)c1. The minimum absolute atomic E-state index is 0.356. The second-order valence-electron chi connectivity index (χ2n) is 4.54. The highest BCUT2D eigenvalue weighted by atomic mass is 79.9. The third kappa shape index (κ3) is 2.24. The van der Waals surface area contributed by atoms with E-state index in [1.165, 1.54) is 0 Å². The van der Waals surface area contributed by atoms with Crippen LogP contribution in [0, 0.1) is 6.92 Å². The fourth-order valence-electron chi connectivity index (χ4n) is 2.29. The molecule has 3 rings (SSSR count). The summed E-state index contributed by atoms with van der Waals surface area (Å²) in [5, 5.41) is 0.682. The molecule has 1 heterocycles. The first-order valence-corrected chi connectivity index (χ1v) is 7.80. The summed E-state index contributed by atoms with van der Waals surface area (Å²) in [6, 6.07) is 11.9. The number of para-hydroxylation sites is 1. The van der Waals surface area contributed by atoms with Crippen molar-refractivity contribution in [2.75, 3.05) is 0 Å². The predicted molar refractivity (Wildman–Crippen MR) is 88.1 cm³/mol. The van der Waals surface area contributed by atoms with E-state index in [1.54, 1.807) is 0 Å². The van der Waals surface area contributed by atoms with Gasteiger partial charge in [-0.15, -0.1) is 11.6 Å². The highest BCUT2D eigenvalue weighted by molar-refractivity contribution is 9.10. The van der Waals surface area contributed by atoms with E-state index in [0.717, 1.165) is 32.6 Å². The summed E-state index contributed by atoms with van der Waals surface area (Å²) < 4.78 is 2.92. The largest absolute Gasteiger partial charge is 0.295 e. The van der Waals surface area contributed by atoms with Gasteiger partial charge < -0.3 is 0 Å². The molecule has 2 aromatic carbocycles. The summed E-state index contributed by atoms with van der Waals surface area (Å²) in [6.45, 7) is 2.05. The number of nitrogens with zero attached hydrogens (tertiary/aromatic N) is 2. The summed E-state index contributed by atoms with van der Waals surface area (Å²) in [5.41, 5.74) is 4.16. The first kappa shape index (κ1) is 13.9. The molecule has 0 aliphatic heterocycles. The van der Waals surface area contributed by atoms with Crippen LogP contribution in [-0.4, -0.2) is 9.55 Å².